The van der Waals surface area contributed by atoms with Crippen LogP contribution in [0.4, 0.5) is 0 Å². The fraction of sp³-hybridized carbons (Fsp3) is 0.682. The number of aliphatic imine (C=N–C) groups is 1. The van der Waals surface area contributed by atoms with Crippen molar-refractivity contribution in [2.45, 2.75) is 19.4 Å². The third-order valence-electron chi connectivity index (χ3n) is 5.62. The van der Waals surface area contributed by atoms with Crippen LogP contribution in [0, 0.1) is 5.92 Å². The molecule has 1 saturated carbocycles. The fourth-order valence-corrected chi connectivity index (χ4v) is 3.57. The van der Waals surface area contributed by atoms with Crippen LogP contribution in [0.3, 0.4) is 0 Å². The molecule has 7 heteroatoms. The molecular formula is C22H38IN5O. The first-order valence-electron chi connectivity index (χ1n) is 10.7. The van der Waals surface area contributed by atoms with E-state index in [1.165, 1.54) is 18.4 Å². The first kappa shape index (κ1) is 24.4. The van der Waals surface area contributed by atoms with Crippen molar-refractivity contribution in [1.82, 2.24) is 20.0 Å². The molecule has 0 spiro atoms. The minimum atomic E-state index is 0. The summed E-state index contributed by atoms with van der Waals surface area (Å²) in [5, 5.41) is 3.49. The first-order valence-corrected chi connectivity index (χ1v) is 10.7. The van der Waals surface area contributed by atoms with Gasteiger partial charge in [0.1, 0.15) is 0 Å². The van der Waals surface area contributed by atoms with E-state index in [1.807, 2.05) is 7.05 Å². The number of nitrogens with one attached hydrogen (secondary N) is 1. The van der Waals surface area contributed by atoms with Crippen LogP contribution in [-0.2, 0) is 11.3 Å². The fourth-order valence-electron chi connectivity index (χ4n) is 3.57. The molecule has 1 N–H and O–H groups in total. The molecule has 0 atom stereocenters. The smallest absolute Gasteiger partial charge is 0.193 e. The second-order valence-electron chi connectivity index (χ2n) is 8.02. The zero-order chi connectivity index (χ0) is 19.6. The molecule has 3 rings (SSSR count). The van der Waals surface area contributed by atoms with Gasteiger partial charge in [-0.3, -0.25) is 14.8 Å². The van der Waals surface area contributed by atoms with Crippen molar-refractivity contribution in [2.24, 2.45) is 10.9 Å². The van der Waals surface area contributed by atoms with Gasteiger partial charge in [0.25, 0.3) is 0 Å². The Balaban J connectivity index is 0.00000300. The van der Waals surface area contributed by atoms with Crippen LogP contribution in [0.2, 0.25) is 0 Å². The lowest BCUT2D eigenvalue weighted by Crippen LogP contribution is -2.49. The molecule has 164 valence electrons. The second kappa shape index (κ2) is 13.4. The summed E-state index contributed by atoms with van der Waals surface area (Å²) in [4.78, 5) is 11.7. The average molecular weight is 515 g/mol. The van der Waals surface area contributed by atoms with Crippen LogP contribution < -0.4 is 5.32 Å². The molecule has 1 aromatic carbocycles. The minimum absolute atomic E-state index is 0. The molecule has 0 aromatic heterocycles. The summed E-state index contributed by atoms with van der Waals surface area (Å²) in [7, 11) is 3.93. The van der Waals surface area contributed by atoms with E-state index in [1.54, 1.807) is 0 Å². The highest BCUT2D eigenvalue weighted by molar-refractivity contribution is 14.0. The van der Waals surface area contributed by atoms with E-state index in [4.69, 9.17) is 4.74 Å². The van der Waals surface area contributed by atoms with Crippen LogP contribution in [0.5, 0.6) is 0 Å². The van der Waals surface area contributed by atoms with Crippen molar-refractivity contribution in [3.63, 3.8) is 0 Å². The summed E-state index contributed by atoms with van der Waals surface area (Å²) in [6, 6.07) is 10.8. The molecule has 1 saturated heterocycles. The number of hydrogen-bond acceptors (Lipinski definition) is 4. The maximum Gasteiger partial charge on any atom is 0.193 e. The number of hydrogen-bond donors (Lipinski definition) is 1. The highest BCUT2D eigenvalue weighted by atomic mass is 127. The summed E-state index contributed by atoms with van der Waals surface area (Å²) < 4.78 is 5.74. The van der Waals surface area contributed by atoms with Crippen LogP contribution in [0.15, 0.2) is 35.3 Å². The largest absolute Gasteiger partial charge is 0.379 e. The zero-order valence-electron chi connectivity index (χ0n) is 18.1. The summed E-state index contributed by atoms with van der Waals surface area (Å²) in [5.41, 5.74) is 1.41. The molecule has 0 radical (unpaired) electrons. The monoisotopic (exact) mass is 515 g/mol. The van der Waals surface area contributed by atoms with Crippen LogP contribution in [-0.4, -0.2) is 93.8 Å². The number of likely N-dealkylation sites (N-methyl/N-ethyl adjacent to an activating group) is 1. The van der Waals surface area contributed by atoms with Gasteiger partial charge in [-0.05, 0) is 24.3 Å². The molecule has 1 aliphatic carbocycles. The van der Waals surface area contributed by atoms with Gasteiger partial charge in [0.05, 0.1) is 6.61 Å². The second-order valence-corrected chi connectivity index (χ2v) is 8.02. The van der Waals surface area contributed by atoms with Gasteiger partial charge in [-0.2, -0.15) is 0 Å². The third-order valence-corrected chi connectivity index (χ3v) is 5.62. The highest BCUT2D eigenvalue weighted by Crippen LogP contribution is 2.28. The van der Waals surface area contributed by atoms with Gasteiger partial charge in [-0.15, -0.1) is 24.0 Å². The Hall–Kier alpha value is -0.900. The molecule has 1 aliphatic heterocycles. The van der Waals surface area contributed by atoms with Crippen molar-refractivity contribution >= 4 is 29.9 Å². The van der Waals surface area contributed by atoms with Gasteiger partial charge >= 0.3 is 0 Å². The molecule has 0 amide bonds. The van der Waals surface area contributed by atoms with E-state index in [9.17, 15) is 0 Å². The summed E-state index contributed by atoms with van der Waals surface area (Å²) in [6.45, 7) is 10.2. The molecule has 0 unspecified atom stereocenters. The van der Waals surface area contributed by atoms with Crippen molar-refractivity contribution in [1.29, 1.82) is 0 Å². The van der Waals surface area contributed by atoms with E-state index < -0.39 is 0 Å². The van der Waals surface area contributed by atoms with E-state index in [-0.39, 0.29) is 24.0 Å². The highest BCUT2D eigenvalue weighted by Gasteiger charge is 2.21. The van der Waals surface area contributed by atoms with Gasteiger partial charge in [0.2, 0.25) is 0 Å². The molecular weight excluding hydrogens is 477 g/mol. The van der Waals surface area contributed by atoms with E-state index in [0.29, 0.717) is 0 Å². The predicted molar refractivity (Wildman–Crippen MR) is 131 cm³/mol. The van der Waals surface area contributed by atoms with Crippen molar-refractivity contribution in [3.05, 3.63) is 35.9 Å². The van der Waals surface area contributed by atoms with Gasteiger partial charge in [0.15, 0.2) is 5.96 Å². The number of piperazine rings is 1. The van der Waals surface area contributed by atoms with Crippen molar-refractivity contribution in [2.75, 3.05) is 73.1 Å². The lowest BCUT2D eigenvalue weighted by Gasteiger charge is -2.35. The quantitative estimate of drug-likeness (QED) is 0.224. The van der Waals surface area contributed by atoms with Crippen molar-refractivity contribution < 1.29 is 4.74 Å². The normalized spacial score (nSPS) is 18.3. The lowest BCUT2D eigenvalue weighted by molar-refractivity contribution is 0.114. The molecule has 2 aliphatic rings. The molecule has 1 heterocycles. The summed E-state index contributed by atoms with van der Waals surface area (Å²) in [5.74, 6) is 1.79. The van der Waals surface area contributed by atoms with Crippen molar-refractivity contribution in [3.8, 4) is 0 Å². The standard InChI is InChI=1S/C22H37N5O.HI/c1-23-22(25(2)16-17-28-19-21-8-9-21)24-10-11-26-12-14-27(15-13-26)18-20-6-4-3-5-7-20;/h3-7,21H,8-19H2,1-2H3,(H,23,24);1H. The Morgan fingerprint density at radius 3 is 2.48 bits per heavy atom. The Kier molecular flexibility index (Phi) is 11.3. The maximum atomic E-state index is 5.74. The number of rotatable bonds is 10. The maximum absolute atomic E-state index is 5.74. The molecule has 2 fully saturated rings. The molecule has 1 aromatic rings. The summed E-state index contributed by atoms with van der Waals surface area (Å²) >= 11 is 0. The SMILES string of the molecule is CN=C(NCCN1CCN(Cc2ccccc2)CC1)N(C)CCOCC1CC1.I. The van der Waals surface area contributed by atoms with Gasteiger partial charge < -0.3 is 15.0 Å². The molecule has 0 bridgehead atoms. The molecule has 6 nitrogen and oxygen atoms in total. The number of ether oxygens (including phenoxy) is 1. The van der Waals surface area contributed by atoms with Crippen LogP contribution in [0.25, 0.3) is 0 Å². The van der Waals surface area contributed by atoms with E-state index >= 15 is 0 Å². The Morgan fingerprint density at radius 1 is 1.14 bits per heavy atom. The number of benzene rings is 1. The first-order chi connectivity index (χ1) is 13.7. The lowest BCUT2D eigenvalue weighted by atomic mass is 10.2. The zero-order valence-corrected chi connectivity index (χ0v) is 20.4. The van der Waals surface area contributed by atoms with Gasteiger partial charge in [-0.25, -0.2) is 0 Å². The topological polar surface area (TPSA) is 43.3 Å². The van der Waals surface area contributed by atoms with Gasteiger partial charge in [0, 0.05) is 73.1 Å². The predicted octanol–water partition coefficient (Wildman–Crippen LogP) is 2.36. The van der Waals surface area contributed by atoms with Crippen LogP contribution in [0.1, 0.15) is 18.4 Å². The number of guanidine groups is 1. The average Bonchev–Trinajstić information content (AvgIpc) is 3.55. The minimum Gasteiger partial charge on any atom is -0.379 e. The number of halogens is 1. The number of nitrogens with zero attached hydrogens (tertiary/aromatic N) is 4. The van der Waals surface area contributed by atoms with Gasteiger partial charge in [-0.1, -0.05) is 30.3 Å². The Bertz CT molecular complexity index is 588. The molecule has 29 heavy (non-hydrogen) atoms. The Morgan fingerprint density at radius 2 is 1.83 bits per heavy atom. The third kappa shape index (κ3) is 9.19. The van der Waals surface area contributed by atoms with E-state index in [2.05, 4.69) is 62.4 Å². The van der Waals surface area contributed by atoms with Crippen LogP contribution >= 0.6 is 24.0 Å². The Labute approximate surface area is 193 Å². The van der Waals surface area contributed by atoms with E-state index in [0.717, 1.165) is 77.4 Å². The summed E-state index contributed by atoms with van der Waals surface area (Å²) in [6.07, 6.45) is 2.69.